The third-order valence-electron chi connectivity index (χ3n) is 7.45. The second kappa shape index (κ2) is 11.6. The zero-order valence-electron chi connectivity index (χ0n) is 23.1. The van der Waals surface area contributed by atoms with Gasteiger partial charge in [0.15, 0.2) is 0 Å². The van der Waals surface area contributed by atoms with Gasteiger partial charge in [0.25, 0.3) is 8.32 Å². The molecule has 0 aromatic heterocycles. The molecule has 0 radical (unpaired) electrons. The van der Waals surface area contributed by atoms with Crippen LogP contribution in [-0.4, -0.2) is 19.4 Å². The van der Waals surface area contributed by atoms with Gasteiger partial charge >= 0.3 is 5.97 Å². The molecule has 2 aromatic carbocycles. The zero-order chi connectivity index (χ0) is 25.8. The molecule has 0 amide bonds. The van der Waals surface area contributed by atoms with E-state index in [4.69, 9.17) is 9.53 Å². The highest BCUT2D eigenvalue weighted by Gasteiger charge is 2.47. The molecule has 0 aliphatic rings. The Labute approximate surface area is 209 Å². The summed E-state index contributed by atoms with van der Waals surface area (Å²) in [7, 11) is -2.02. The summed E-state index contributed by atoms with van der Waals surface area (Å²) in [5, 5.41) is 9.01. The number of aliphatic carboxylic acids is 1. The first kappa shape index (κ1) is 28.2. The maximum absolute atomic E-state index is 11.0. The summed E-state index contributed by atoms with van der Waals surface area (Å²) in [5.41, 5.74) is 9.11. The van der Waals surface area contributed by atoms with E-state index in [0.29, 0.717) is 29.0 Å². The summed E-state index contributed by atoms with van der Waals surface area (Å²) < 4.78 is 7.08. The number of carbonyl (C=O) groups is 1. The van der Waals surface area contributed by atoms with E-state index < -0.39 is 14.3 Å². The zero-order valence-corrected chi connectivity index (χ0v) is 24.1. The van der Waals surface area contributed by atoms with Gasteiger partial charge in [-0.25, -0.2) is 0 Å². The molecule has 0 bridgehead atoms. The first-order valence-corrected chi connectivity index (χ1v) is 15.1. The summed E-state index contributed by atoms with van der Waals surface area (Å²) in [6, 6.07) is 11.1. The highest BCUT2D eigenvalue weighted by atomic mass is 28.4. The van der Waals surface area contributed by atoms with E-state index >= 15 is 0 Å². The van der Waals surface area contributed by atoms with Gasteiger partial charge < -0.3 is 9.53 Å². The molecule has 0 aliphatic carbocycles. The van der Waals surface area contributed by atoms with Gasteiger partial charge in [0.05, 0.1) is 0 Å². The molecule has 1 N–H and O–H groups in total. The van der Waals surface area contributed by atoms with Crippen LogP contribution in [0.25, 0.3) is 0 Å². The van der Waals surface area contributed by atoms with Crippen molar-refractivity contribution in [3.8, 4) is 5.75 Å². The van der Waals surface area contributed by atoms with Crippen molar-refractivity contribution in [3.05, 3.63) is 63.7 Å². The van der Waals surface area contributed by atoms with Crippen molar-refractivity contribution in [2.75, 3.05) is 0 Å². The highest BCUT2D eigenvalue weighted by molar-refractivity contribution is 6.78. The van der Waals surface area contributed by atoms with Crippen molar-refractivity contribution >= 4 is 14.3 Å². The lowest BCUT2D eigenvalue weighted by atomic mass is 9.91. The van der Waals surface area contributed by atoms with Crippen molar-refractivity contribution in [3.63, 3.8) is 0 Å². The van der Waals surface area contributed by atoms with Gasteiger partial charge in [-0.1, -0.05) is 79.7 Å². The van der Waals surface area contributed by atoms with E-state index in [0.717, 1.165) is 17.7 Å². The Morgan fingerprint density at radius 3 is 1.82 bits per heavy atom. The van der Waals surface area contributed by atoms with Crippen LogP contribution in [-0.2, 0) is 17.6 Å². The van der Waals surface area contributed by atoms with E-state index in [-0.39, 0.29) is 6.42 Å². The molecule has 0 spiro atoms. The van der Waals surface area contributed by atoms with Gasteiger partial charge in [-0.3, -0.25) is 4.79 Å². The first-order valence-electron chi connectivity index (χ1n) is 12.9. The van der Waals surface area contributed by atoms with Crippen LogP contribution in [0.5, 0.6) is 5.75 Å². The normalized spacial score (nSPS) is 12.3. The van der Waals surface area contributed by atoms with Crippen molar-refractivity contribution in [1.29, 1.82) is 0 Å². The quantitative estimate of drug-likeness (QED) is 0.326. The average Bonchev–Trinajstić information content (AvgIpc) is 2.72. The summed E-state index contributed by atoms with van der Waals surface area (Å²) in [5.74, 6) is 0.704. The van der Waals surface area contributed by atoms with Crippen LogP contribution in [0.1, 0.15) is 101 Å². The van der Waals surface area contributed by atoms with Gasteiger partial charge in [-0.15, -0.1) is 0 Å². The molecule has 0 atom stereocenters. The van der Waals surface area contributed by atoms with Gasteiger partial charge in [0.2, 0.25) is 0 Å². The number of benzene rings is 2. The minimum atomic E-state index is -2.02. The number of rotatable bonds is 11. The molecular formula is C30H46O3Si. The molecule has 2 rings (SSSR count). The number of hydrogen-bond donors (Lipinski definition) is 1. The van der Waals surface area contributed by atoms with E-state index in [9.17, 15) is 4.79 Å². The second-order valence-corrected chi connectivity index (χ2v) is 16.6. The van der Waals surface area contributed by atoms with Crippen LogP contribution in [0, 0.1) is 13.8 Å². The monoisotopic (exact) mass is 482 g/mol. The van der Waals surface area contributed by atoms with Crippen LogP contribution < -0.4 is 4.43 Å². The van der Waals surface area contributed by atoms with Crippen LogP contribution in [0.15, 0.2) is 30.3 Å². The van der Waals surface area contributed by atoms with Gasteiger partial charge in [0, 0.05) is 6.42 Å². The SMILES string of the molecule is Cc1cc(CCC(=O)O)cc(C)c1Cc1ccc(O[Si](C(C)C)(C(C)C)C(C)C)c(C(C)C)c1. The third kappa shape index (κ3) is 6.32. The van der Waals surface area contributed by atoms with Gasteiger partial charge in [-0.05, 0) is 88.7 Å². The second-order valence-electron chi connectivity index (χ2n) is 11.2. The Hall–Kier alpha value is -2.07. The maximum atomic E-state index is 11.0. The molecule has 2 aromatic rings. The lowest BCUT2D eigenvalue weighted by Crippen LogP contribution is -2.50. The largest absolute Gasteiger partial charge is 0.542 e. The lowest BCUT2D eigenvalue weighted by Gasteiger charge is -2.43. The van der Waals surface area contributed by atoms with Crippen molar-refractivity contribution in [1.82, 2.24) is 0 Å². The summed E-state index contributed by atoms with van der Waals surface area (Å²) in [6.45, 7) is 22.8. The minimum absolute atomic E-state index is 0.172. The fourth-order valence-electron chi connectivity index (χ4n) is 5.76. The fraction of sp³-hybridized carbons (Fsp3) is 0.567. The molecule has 0 aliphatic heterocycles. The molecule has 188 valence electrons. The summed E-state index contributed by atoms with van der Waals surface area (Å²) >= 11 is 0. The number of carboxylic acids is 1. The molecule has 34 heavy (non-hydrogen) atoms. The van der Waals surface area contributed by atoms with E-state index in [2.05, 4.69) is 99.6 Å². The van der Waals surface area contributed by atoms with E-state index in [1.165, 1.54) is 27.8 Å². The highest BCUT2D eigenvalue weighted by Crippen LogP contribution is 2.44. The first-order chi connectivity index (χ1) is 15.8. The molecule has 0 unspecified atom stereocenters. The molecule has 0 saturated heterocycles. The number of aryl methyl sites for hydroxylation is 3. The van der Waals surface area contributed by atoms with Crippen molar-refractivity contribution < 1.29 is 14.3 Å². The molecule has 0 saturated carbocycles. The number of carboxylic acid groups (broad SMARTS) is 1. The minimum Gasteiger partial charge on any atom is -0.542 e. The van der Waals surface area contributed by atoms with Crippen LogP contribution >= 0.6 is 0 Å². The lowest BCUT2D eigenvalue weighted by molar-refractivity contribution is -0.136. The smallest absolute Gasteiger partial charge is 0.303 e. The Balaban J connectivity index is 2.41. The van der Waals surface area contributed by atoms with Crippen molar-refractivity contribution in [2.45, 2.75) is 111 Å². The summed E-state index contributed by atoms with van der Waals surface area (Å²) in [6.07, 6.45) is 1.62. The molecule has 4 heteroatoms. The average molecular weight is 483 g/mol. The Morgan fingerprint density at radius 2 is 1.38 bits per heavy atom. The van der Waals surface area contributed by atoms with Crippen LogP contribution in [0.2, 0.25) is 16.6 Å². The van der Waals surface area contributed by atoms with Crippen molar-refractivity contribution in [2.24, 2.45) is 0 Å². The molecular weight excluding hydrogens is 436 g/mol. The maximum Gasteiger partial charge on any atom is 0.303 e. The van der Waals surface area contributed by atoms with Gasteiger partial charge in [-0.2, -0.15) is 0 Å². The molecule has 3 nitrogen and oxygen atoms in total. The Kier molecular flexibility index (Phi) is 9.59. The van der Waals surface area contributed by atoms with Gasteiger partial charge in [0.1, 0.15) is 5.75 Å². The number of hydrogen-bond acceptors (Lipinski definition) is 2. The fourth-order valence-corrected chi connectivity index (χ4v) is 11.0. The predicted molar refractivity (Wildman–Crippen MR) is 147 cm³/mol. The summed E-state index contributed by atoms with van der Waals surface area (Å²) in [4.78, 5) is 11.0. The Bertz CT molecular complexity index is 944. The van der Waals surface area contributed by atoms with Crippen LogP contribution in [0.4, 0.5) is 0 Å². The van der Waals surface area contributed by atoms with E-state index in [1.807, 2.05) is 0 Å². The molecule has 0 heterocycles. The third-order valence-corrected chi connectivity index (χ3v) is 13.4. The predicted octanol–water partition coefficient (Wildman–Crippen LogP) is 8.59. The molecule has 0 fully saturated rings. The standard InChI is InChI=1S/C30H46O3Si/c1-19(2)27-17-26(11-13-29(27)33-34(20(3)4,21(5)6)22(7)8)18-28-23(9)15-25(16-24(28)10)12-14-30(31)32/h11,13,15-17,19-22H,12,14,18H2,1-10H3,(H,31,32). The van der Waals surface area contributed by atoms with Crippen LogP contribution in [0.3, 0.4) is 0 Å². The van der Waals surface area contributed by atoms with E-state index in [1.54, 1.807) is 0 Å². The Morgan fingerprint density at radius 1 is 0.853 bits per heavy atom. The topological polar surface area (TPSA) is 46.5 Å².